The van der Waals surface area contributed by atoms with Crippen LogP contribution in [0.1, 0.15) is 33.1 Å². The Labute approximate surface area is 148 Å². The van der Waals surface area contributed by atoms with E-state index in [9.17, 15) is 9.59 Å². The Hall–Kier alpha value is -1.95. The molecule has 1 rings (SSSR count). The maximum atomic E-state index is 12.3. The molecule has 0 fully saturated rings. The van der Waals surface area contributed by atoms with Gasteiger partial charge in [-0.05, 0) is 31.0 Å². The number of esters is 1. The summed E-state index contributed by atoms with van der Waals surface area (Å²) >= 11 is 6.21. The number of carbonyl (C=O) groups excluding carboxylic acids is 2. The SMILES string of the molecule is CCC(CC)(CC(=O)OC)NC(=O)Nc1ccc(N(C)C)c(Cl)c1. The number of urea groups is 1. The van der Waals surface area contributed by atoms with Gasteiger partial charge in [0.15, 0.2) is 0 Å². The highest BCUT2D eigenvalue weighted by Gasteiger charge is 2.31. The molecule has 1 aromatic rings. The van der Waals surface area contributed by atoms with Crippen molar-refractivity contribution < 1.29 is 14.3 Å². The van der Waals surface area contributed by atoms with Crippen LogP contribution in [0.5, 0.6) is 0 Å². The highest BCUT2D eigenvalue weighted by Crippen LogP contribution is 2.27. The van der Waals surface area contributed by atoms with Gasteiger partial charge in [-0.3, -0.25) is 4.79 Å². The van der Waals surface area contributed by atoms with Crippen molar-refractivity contribution in [1.29, 1.82) is 0 Å². The molecule has 7 heteroatoms. The van der Waals surface area contributed by atoms with E-state index in [0.29, 0.717) is 23.6 Å². The molecule has 0 radical (unpaired) electrons. The summed E-state index contributed by atoms with van der Waals surface area (Å²) in [5.74, 6) is -0.350. The fraction of sp³-hybridized carbons (Fsp3) is 0.529. The summed E-state index contributed by atoms with van der Waals surface area (Å²) in [5.41, 5.74) is 0.817. The van der Waals surface area contributed by atoms with Gasteiger partial charge in [-0.15, -0.1) is 0 Å². The zero-order valence-electron chi connectivity index (χ0n) is 14.9. The third-order valence-corrected chi connectivity index (χ3v) is 4.43. The first-order valence-corrected chi connectivity index (χ1v) is 8.27. The van der Waals surface area contributed by atoms with Crippen molar-refractivity contribution in [2.24, 2.45) is 0 Å². The lowest BCUT2D eigenvalue weighted by atomic mass is 9.89. The van der Waals surface area contributed by atoms with Crippen LogP contribution in [-0.4, -0.2) is 38.7 Å². The molecule has 0 heterocycles. The summed E-state index contributed by atoms with van der Waals surface area (Å²) in [5, 5.41) is 6.20. The Morgan fingerprint density at radius 2 is 1.88 bits per heavy atom. The molecule has 0 saturated carbocycles. The molecule has 0 saturated heterocycles. The Morgan fingerprint density at radius 1 is 1.25 bits per heavy atom. The quantitative estimate of drug-likeness (QED) is 0.732. The number of carbonyl (C=O) groups is 2. The normalized spacial score (nSPS) is 10.9. The topological polar surface area (TPSA) is 70.7 Å². The molecule has 1 aromatic carbocycles. The first kappa shape index (κ1) is 20.1. The summed E-state index contributed by atoms with van der Waals surface area (Å²) in [6.45, 7) is 3.85. The van der Waals surface area contributed by atoms with Gasteiger partial charge in [-0.25, -0.2) is 4.79 Å². The zero-order valence-corrected chi connectivity index (χ0v) is 15.7. The van der Waals surface area contributed by atoms with Crippen molar-refractivity contribution in [3.8, 4) is 0 Å². The summed E-state index contributed by atoms with van der Waals surface area (Å²) in [7, 11) is 5.13. The first-order valence-electron chi connectivity index (χ1n) is 7.89. The molecule has 0 aromatic heterocycles. The molecule has 0 bridgehead atoms. The average molecular weight is 356 g/mol. The van der Waals surface area contributed by atoms with E-state index in [4.69, 9.17) is 16.3 Å². The number of hydrogen-bond acceptors (Lipinski definition) is 4. The molecule has 0 aliphatic carbocycles. The third kappa shape index (κ3) is 5.30. The van der Waals surface area contributed by atoms with Crippen LogP contribution in [-0.2, 0) is 9.53 Å². The van der Waals surface area contributed by atoms with E-state index in [0.717, 1.165) is 5.69 Å². The molecule has 6 nitrogen and oxygen atoms in total. The van der Waals surface area contributed by atoms with Crippen LogP contribution in [0.2, 0.25) is 5.02 Å². The standard InChI is InChI=1S/C17H26ClN3O3/c1-6-17(7-2,11-15(22)24-5)20-16(23)19-12-8-9-14(21(3)4)13(18)10-12/h8-10H,6-7,11H2,1-5H3,(H2,19,20,23). The van der Waals surface area contributed by atoms with E-state index in [1.54, 1.807) is 12.1 Å². The van der Waals surface area contributed by atoms with Crippen molar-refractivity contribution in [3.63, 3.8) is 0 Å². The number of rotatable bonds is 7. The number of halogens is 1. The van der Waals surface area contributed by atoms with Crippen LogP contribution in [0.3, 0.4) is 0 Å². The minimum absolute atomic E-state index is 0.129. The van der Waals surface area contributed by atoms with Gasteiger partial charge in [-0.2, -0.15) is 0 Å². The van der Waals surface area contributed by atoms with Gasteiger partial charge in [0.2, 0.25) is 0 Å². The van der Waals surface area contributed by atoms with Crippen molar-refractivity contribution in [2.45, 2.75) is 38.6 Å². The molecule has 0 unspecified atom stereocenters. The number of anilines is 2. The van der Waals surface area contributed by atoms with Crippen molar-refractivity contribution in [2.75, 3.05) is 31.4 Å². The summed E-state index contributed by atoms with van der Waals surface area (Å²) in [6.07, 6.45) is 1.36. The number of benzene rings is 1. The Balaban J connectivity index is 2.83. The van der Waals surface area contributed by atoms with Crippen LogP contribution in [0.15, 0.2) is 18.2 Å². The second-order valence-electron chi connectivity index (χ2n) is 5.88. The molecule has 2 N–H and O–H groups in total. The van der Waals surface area contributed by atoms with Crippen molar-refractivity contribution >= 4 is 35.0 Å². The van der Waals surface area contributed by atoms with E-state index in [1.807, 2.05) is 38.9 Å². The molecule has 0 spiro atoms. The maximum absolute atomic E-state index is 12.3. The van der Waals surface area contributed by atoms with E-state index in [2.05, 4.69) is 10.6 Å². The van der Waals surface area contributed by atoms with Gasteiger partial charge in [0.05, 0.1) is 29.8 Å². The molecule has 0 atom stereocenters. The lowest BCUT2D eigenvalue weighted by Crippen LogP contribution is -2.50. The van der Waals surface area contributed by atoms with Gasteiger partial charge in [0.1, 0.15) is 0 Å². The number of amides is 2. The van der Waals surface area contributed by atoms with Crippen LogP contribution in [0.25, 0.3) is 0 Å². The maximum Gasteiger partial charge on any atom is 0.319 e. The van der Waals surface area contributed by atoms with Crippen molar-refractivity contribution in [1.82, 2.24) is 5.32 Å². The number of nitrogens with zero attached hydrogens (tertiary/aromatic N) is 1. The molecule has 2 amide bonds. The zero-order chi connectivity index (χ0) is 18.3. The van der Waals surface area contributed by atoms with E-state index < -0.39 is 5.54 Å². The van der Waals surface area contributed by atoms with Crippen LogP contribution in [0.4, 0.5) is 16.2 Å². The lowest BCUT2D eigenvalue weighted by Gasteiger charge is -2.31. The number of hydrogen-bond donors (Lipinski definition) is 2. The summed E-state index contributed by atoms with van der Waals surface area (Å²) in [6, 6.07) is 4.92. The molecular weight excluding hydrogens is 330 g/mol. The van der Waals surface area contributed by atoms with E-state index in [-0.39, 0.29) is 18.4 Å². The highest BCUT2D eigenvalue weighted by molar-refractivity contribution is 6.33. The molecule has 0 aliphatic rings. The second kappa shape index (κ2) is 8.78. The Morgan fingerprint density at radius 3 is 2.33 bits per heavy atom. The van der Waals surface area contributed by atoms with Gasteiger partial charge in [0, 0.05) is 19.8 Å². The lowest BCUT2D eigenvalue weighted by molar-refractivity contribution is -0.142. The molecule has 0 aliphatic heterocycles. The van der Waals surface area contributed by atoms with E-state index in [1.165, 1.54) is 7.11 Å². The Kier molecular flexibility index (Phi) is 7.35. The van der Waals surface area contributed by atoms with Gasteiger partial charge in [0.25, 0.3) is 0 Å². The minimum Gasteiger partial charge on any atom is -0.469 e. The smallest absolute Gasteiger partial charge is 0.319 e. The van der Waals surface area contributed by atoms with E-state index >= 15 is 0 Å². The fourth-order valence-electron chi connectivity index (χ4n) is 2.42. The molecular formula is C17H26ClN3O3. The third-order valence-electron chi connectivity index (χ3n) is 4.13. The van der Waals surface area contributed by atoms with Gasteiger partial charge in [-0.1, -0.05) is 25.4 Å². The van der Waals surface area contributed by atoms with Crippen LogP contribution in [0, 0.1) is 0 Å². The Bertz CT molecular complexity index is 586. The monoisotopic (exact) mass is 355 g/mol. The number of ether oxygens (including phenoxy) is 1. The fourth-order valence-corrected chi connectivity index (χ4v) is 2.77. The number of methoxy groups -OCH3 is 1. The largest absolute Gasteiger partial charge is 0.469 e. The summed E-state index contributed by atoms with van der Waals surface area (Å²) < 4.78 is 4.73. The minimum atomic E-state index is -0.634. The van der Waals surface area contributed by atoms with Gasteiger partial charge >= 0.3 is 12.0 Å². The summed E-state index contributed by atoms with van der Waals surface area (Å²) in [4.78, 5) is 25.8. The predicted octanol–water partition coefficient (Wildman–Crippen LogP) is 3.65. The first-order chi connectivity index (χ1) is 11.3. The van der Waals surface area contributed by atoms with Crippen molar-refractivity contribution in [3.05, 3.63) is 23.2 Å². The predicted molar refractivity (Wildman–Crippen MR) is 97.9 cm³/mol. The molecule has 134 valence electrons. The number of nitrogens with one attached hydrogen (secondary N) is 2. The highest BCUT2D eigenvalue weighted by atomic mass is 35.5. The van der Waals surface area contributed by atoms with Crippen LogP contribution >= 0.6 is 11.6 Å². The average Bonchev–Trinajstić information content (AvgIpc) is 2.53. The van der Waals surface area contributed by atoms with Gasteiger partial charge < -0.3 is 20.3 Å². The molecule has 24 heavy (non-hydrogen) atoms. The van der Waals surface area contributed by atoms with Crippen LogP contribution < -0.4 is 15.5 Å². The second-order valence-corrected chi connectivity index (χ2v) is 6.29.